The van der Waals surface area contributed by atoms with Crippen molar-refractivity contribution in [1.29, 1.82) is 0 Å². The normalized spacial score (nSPS) is 54.4. The minimum Gasteiger partial charge on any atom is -0.462 e. The van der Waals surface area contributed by atoms with Crippen molar-refractivity contribution in [3.8, 4) is 0 Å². The largest absolute Gasteiger partial charge is 0.462 e. The van der Waals surface area contributed by atoms with Crippen LogP contribution in [-0.4, -0.2) is 23.6 Å². The molecule has 0 aromatic carbocycles. The Hall–Kier alpha value is -1.19. The number of carbonyl (C=O) groups excluding carboxylic acids is 3. The highest BCUT2D eigenvalue weighted by atomic mass is 16.6. The van der Waals surface area contributed by atoms with Gasteiger partial charge in [-0.05, 0) is 62.2 Å². The molecule has 0 radical (unpaired) electrons. The van der Waals surface area contributed by atoms with Gasteiger partial charge in [-0.1, -0.05) is 6.92 Å². The highest BCUT2D eigenvalue weighted by molar-refractivity contribution is 5.91. The molecule has 0 N–H and O–H groups in total. The van der Waals surface area contributed by atoms with Gasteiger partial charge >= 0.3 is 5.97 Å². The van der Waals surface area contributed by atoms with Crippen LogP contribution < -0.4 is 0 Å². The van der Waals surface area contributed by atoms with Gasteiger partial charge in [-0.2, -0.15) is 0 Å². The minimum absolute atomic E-state index is 0.0181. The summed E-state index contributed by atoms with van der Waals surface area (Å²) in [5.74, 6) is 1.96. The smallest absolute Gasteiger partial charge is 0.313 e. The topological polar surface area (TPSA) is 60.4 Å². The molecule has 5 rings (SSSR count). The fourth-order valence-corrected chi connectivity index (χ4v) is 7.97. The molecule has 0 amide bonds. The SMILES string of the molecule is CC1OC(=O)C23CCC4C(CC(=O)C5CC(=O)CCC54C)C2CCC13. The molecule has 1 spiro atoms. The summed E-state index contributed by atoms with van der Waals surface area (Å²) in [5.41, 5.74) is -0.351. The van der Waals surface area contributed by atoms with Crippen LogP contribution in [0.15, 0.2) is 0 Å². The molecule has 1 heterocycles. The molecule has 5 fully saturated rings. The molecular formula is C21H28O4. The summed E-state index contributed by atoms with van der Waals surface area (Å²) in [5, 5.41) is 0. The number of ketones is 2. The Morgan fingerprint density at radius 3 is 2.52 bits per heavy atom. The van der Waals surface area contributed by atoms with Gasteiger partial charge in [0.25, 0.3) is 0 Å². The fraction of sp³-hybridized carbons (Fsp3) is 0.857. The average molecular weight is 344 g/mol. The molecule has 5 aliphatic rings. The molecule has 136 valence electrons. The minimum atomic E-state index is -0.311. The lowest BCUT2D eigenvalue weighted by molar-refractivity contribution is -0.168. The zero-order chi connectivity index (χ0) is 17.6. The molecule has 1 aliphatic heterocycles. The molecule has 0 aromatic rings. The van der Waals surface area contributed by atoms with Crippen molar-refractivity contribution in [3.05, 3.63) is 0 Å². The van der Waals surface area contributed by atoms with E-state index in [4.69, 9.17) is 4.74 Å². The summed E-state index contributed by atoms with van der Waals surface area (Å²) in [6.45, 7) is 4.31. The summed E-state index contributed by atoms with van der Waals surface area (Å²) in [4.78, 5) is 37.8. The van der Waals surface area contributed by atoms with Crippen molar-refractivity contribution in [2.75, 3.05) is 0 Å². The third-order valence-corrected chi connectivity index (χ3v) is 9.10. The van der Waals surface area contributed by atoms with E-state index in [1.165, 1.54) is 0 Å². The Morgan fingerprint density at radius 1 is 0.960 bits per heavy atom. The van der Waals surface area contributed by atoms with Crippen molar-refractivity contribution in [2.24, 2.45) is 40.4 Å². The molecule has 8 atom stereocenters. The van der Waals surface area contributed by atoms with E-state index in [9.17, 15) is 14.4 Å². The molecule has 25 heavy (non-hydrogen) atoms. The second kappa shape index (κ2) is 4.95. The Balaban J connectivity index is 1.53. The van der Waals surface area contributed by atoms with Crippen molar-refractivity contribution in [2.45, 2.75) is 71.3 Å². The maximum absolute atomic E-state index is 13.0. The fourth-order valence-electron chi connectivity index (χ4n) is 7.97. The second-order valence-electron chi connectivity index (χ2n) is 9.72. The Morgan fingerprint density at radius 2 is 1.72 bits per heavy atom. The number of Topliss-reactive ketones (excluding diaryl/α,β-unsaturated/α-hetero) is 2. The lowest BCUT2D eigenvalue weighted by Gasteiger charge is -2.58. The van der Waals surface area contributed by atoms with E-state index in [1.807, 2.05) is 6.92 Å². The van der Waals surface area contributed by atoms with Crippen LogP contribution in [0.2, 0.25) is 0 Å². The van der Waals surface area contributed by atoms with Gasteiger partial charge in [-0.25, -0.2) is 0 Å². The highest BCUT2D eigenvalue weighted by Gasteiger charge is 2.69. The monoisotopic (exact) mass is 344 g/mol. The lowest BCUT2D eigenvalue weighted by atomic mass is 9.44. The third-order valence-electron chi connectivity index (χ3n) is 9.10. The van der Waals surface area contributed by atoms with E-state index in [-0.39, 0.29) is 40.4 Å². The number of esters is 1. The summed E-state index contributed by atoms with van der Waals surface area (Å²) in [6.07, 6.45) is 6.63. The van der Waals surface area contributed by atoms with Crippen LogP contribution >= 0.6 is 0 Å². The van der Waals surface area contributed by atoms with Crippen molar-refractivity contribution in [1.82, 2.24) is 0 Å². The summed E-state index contributed by atoms with van der Waals surface area (Å²) >= 11 is 0. The number of hydrogen-bond donors (Lipinski definition) is 0. The molecule has 4 nitrogen and oxygen atoms in total. The molecule has 1 saturated heterocycles. The number of ether oxygens (including phenoxy) is 1. The number of hydrogen-bond acceptors (Lipinski definition) is 4. The maximum atomic E-state index is 13.0. The predicted molar refractivity (Wildman–Crippen MR) is 90.5 cm³/mol. The number of fused-ring (bicyclic) bond motifs is 4. The Kier molecular flexibility index (Phi) is 3.17. The molecule has 4 heteroatoms. The van der Waals surface area contributed by atoms with Crippen molar-refractivity contribution < 1.29 is 19.1 Å². The van der Waals surface area contributed by atoms with Crippen LogP contribution in [0.1, 0.15) is 65.2 Å². The summed E-state index contributed by atoms with van der Waals surface area (Å²) in [7, 11) is 0. The van der Waals surface area contributed by atoms with Crippen molar-refractivity contribution >= 4 is 17.5 Å². The highest BCUT2D eigenvalue weighted by Crippen LogP contribution is 2.69. The first kappa shape index (κ1) is 16.0. The summed E-state index contributed by atoms with van der Waals surface area (Å²) < 4.78 is 5.67. The van der Waals surface area contributed by atoms with Crippen LogP contribution in [0.3, 0.4) is 0 Å². The van der Waals surface area contributed by atoms with Gasteiger partial charge in [0.15, 0.2) is 0 Å². The second-order valence-corrected chi connectivity index (χ2v) is 9.72. The van der Waals surface area contributed by atoms with Crippen LogP contribution in [-0.2, 0) is 19.1 Å². The first-order chi connectivity index (χ1) is 11.9. The zero-order valence-corrected chi connectivity index (χ0v) is 15.3. The third kappa shape index (κ3) is 1.81. The van der Waals surface area contributed by atoms with E-state index < -0.39 is 0 Å². The standard InChI is InChI=1S/C21H28O4/c1-11-14-3-4-16-13-10-18(23)17-9-12(22)5-7-20(17,2)15(13)6-8-21(14,16)19(24)25-11/h11,13-17H,3-10H2,1-2H3. The van der Waals surface area contributed by atoms with Gasteiger partial charge in [0, 0.05) is 31.1 Å². The quantitative estimate of drug-likeness (QED) is 0.633. The van der Waals surface area contributed by atoms with Crippen LogP contribution in [0.4, 0.5) is 0 Å². The maximum Gasteiger partial charge on any atom is 0.313 e. The Bertz CT molecular complexity index is 669. The molecule has 0 bridgehead atoms. The van der Waals surface area contributed by atoms with E-state index in [0.29, 0.717) is 42.9 Å². The van der Waals surface area contributed by atoms with Crippen molar-refractivity contribution in [3.63, 3.8) is 0 Å². The summed E-state index contributed by atoms with van der Waals surface area (Å²) in [6, 6.07) is 0. The van der Waals surface area contributed by atoms with E-state index in [1.54, 1.807) is 0 Å². The van der Waals surface area contributed by atoms with Crippen LogP contribution in [0.5, 0.6) is 0 Å². The first-order valence-corrected chi connectivity index (χ1v) is 10.1. The van der Waals surface area contributed by atoms with Gasteiger partial charge in [0.2, 0.25) is 0 Å². The van der Waals surface area contributed by atoms with Gasteiger partial charge in [0.05, 0.1) is 5.41 Å². The molecule has 4 saturated carbocycles. The van der Waals surface area contributed by atoms with Gasteiger partial charge < -0.3 is 4.74 Å². The average Bonchev–Trinajstić information content (AvgIpc) is 3.07. The molecular weight excluding hydrogens is 316 g/mol. The van der Waals surface area contributed by atoms with Gasteiger partial charge in [-0.15, -0.1) is 0 Å². The van der Waals surface area contributed by atoms with E-state index >= 15 is 0 Å². The van der Waals surface area contributed by atoms with Gasteiger partial charge in [-0.3, -0.25) is 14.4 Å². The molecule has 8 unspecified atom stereocenters. The predicted octanol–water partition coefficient (Wildman–Crippen LogP) is 3.32. The number of cyclic esters (lactones) is 1. The molecule has 4 aliphatic carbocycles. The molecule has 0 aromatic heterocycles. The number of rotatable bonds is 0. The van der Waals surface area contributed by atoms with Gasteiger partial charge in [0.1, 0.15) is 17.7 Å². The lowest BCUT2D eigenvalue weighted by Crippen LogP contribution is -2.57. The van der Waals surface area contributed by atoms with Crippen LogP contribution in [0, 0.1) is 40.4 Å². The Labute approximate surface area is 149 Å². The van der Waals surface area contributed by atoms with E-state index in [0.717, 1.165) is 32.1 Å². The van der Waals surface area contributed by atoms with Crippen LogP contribution in [0.25, 0.3) is 0 Å². The van der Waals surface area contributed by atoms with E-state index in [2.05, 4.69) is 6.92 Å². The first-order valence-electron chi connectivity index (χ1n) is 10.1. The number of carbonyl (C=O) groups is 3. The zero-order valence-electron chi connectivity index (χ0n) is 15.3.